The van der Waals surface area contributed by atoms with Crippen LogP contribution in [-0.4, -0.2) is 32.1 Å². The van der Waals surface area contributed by atoms with Gasteiger partial charge in [-0.3, -0.25) is 9.78 Å². The standard InChI is InChI=1S/C24H23N5OS/c1-15-3-4-18(13-26-15)21-12-17-7-9-25-24(30)22(17)23(28-21)27-20-6-5-19-14-29(31-2)10-8-16(19)11-20/h3-7,9,11-13H,8,10,14H2,1-2H3,(H,25,30)(H,27,28). The molecule has 0 radical (unpaired) electrons. The summed E-state index contributed by atoms with van der Waals surface area (Å²) in [5.41, 5.74) is 6.12. The monoisotopic (exact) mass is 429 g/mol. The fourth-order valence-corrected chi connectivity index (χ4v) is 4.51. The number of pyridine rings is 3. The van der Waals surface area contributed by atoms with Crippen LogP contribution in [0, 0.1) is 6.92 Å². The maximum absolute atomic E-state index is 12.6. The minimum atomic E-state index is -0.158. The maximum atomic E-state index is 12.6. The zero-order valence-electron chi connectivity index (χ0n) is 17.5. The van der Waals surface area contributed by atoms with Crippen molar-refractivity contribution in [2.45, 2.75) is 19.9 Å². The van der Waals surface area contributed by atoms with Gasteiger partial charge in [-0.05, 0) is 72.5 Å². The van der Waals surface area contributed by atoms with Gasteiger partial charge in [0.2, 0.25) is 0 Å². The number of hydrogen-bond acceptors (Lipinski definition) is 6. The molecule has 0 amide bonds. The highest BCUT2D eigenvalue weighted by atomic mass is 32.2. The molecule has 0 saturated heterocycles. The zero-order valence-corrected chi connectivity index (χ0v) is 18.3. The Morgan fingerprint density at radius 2 is 2.03 bits per heavy atom. The molecule has 0 aliphatic carbocycles. The molecule has 4 heterocycles. The van der Waals surface area contributed by atoms with Crippen LogP contribution < -0.4 is 10.9 Å². The van der Waals surface area contributed by atoms with Gasteiger partial charge in [0.1, 0.15) is 5.82 Å². The van der Waals surface area contributed by atoms with Gasteiger partial charge in [-0.1, -0.05) is 18.0 Å². The molecule has 6 nitrogen and oxygen atoms in total. The largest absolute Gasteiger partial charge is 0.340 e. The lowest BCUT2D eigenvalue weighted by atomic mass is 10.0. The van der Waals surface area contributed by atoms with Crippen molar-refractivity contribution in [3.8, 4) is 11.3 Å². The first-order valence-corrected chi connectivity index (χ1v) is 11.4. The highest BCUT2D eigenvalue weighted by molar-refractivity contribution is 7.96. The first kappa shape index (κ1) is 19.8. The Morgan fingerprint density at radius 1 is 1.13 bits per heavy atom. The minimum Gasteiger partial charge on any atom is -0.340 e. The second kappa shape index (κ2) is 8.17. The Bertz CT molecular complexity index is 1320. The summed E-state index contributed by atoms with van der Waals surface area (Å²) in [6.45, 7) is 3.94. The summed E-state index contributed by atoms with van der Waals surface area (Å²) < 4.78 is 2.36. The Morgan fingerprint density at radius 3 is 2.84 bits per heavy atom. The molecule has 3 aromatic heterocycles. The van der Waals surface area contributed by atoms with E-state index >= 15 is 0 Å². The number of H-pyrrole nitrogens is 1. The summed E-state index contributed by atoms with van der Waals surface area (Å²) >= 11 is 1.78. The molecule has 156 valence electrons. The summed E-state index contributed by atoms with van der Waals surface area (Å²) in [6.07, 6.45) is 6.61. The minimum absolute atomic E-state index is 0.158. The molecule has 7 heteroatoms. The van der Waals surface area contributed by atoms with Crippen molar-refractivity contribution in [2.24, 2.45) is 0 Å². The molecule has 0 saturated carbocycles. The number of hydrogen-bond donors (Lipinski definition) is 2. The van der Waals surface area contributed by atoms with Gasteiger partial charge in [-0.15, -0.1) is 0 Å². The number of anilines is 2. The smallest absolute Gasteiger partial charge is 0.259 e. The van der Waals surface area contributed by atoms with Crippen LogP contribution in [0.25, 0.3) is 22.0 Å². The summed E-state index contributed by atoms with van der Waals surface area (Å²) in [7, 11) is 0. The van der Waals surface area contributed by atoms with E-state index in [2.05, 4.69) is 44.0 Å². The lowest BCUT2D eigenvalue weighted by molar-refractivity contribution is 0.446. The van der Waals surface area contributed by atoms with Crippen LogP contribution in [0.5, 0.6) is 0 Å². The number of aromatic nitrogens is 3. The van der Waals surface area contributed by atoms with Gasteiger partial charge in [-0.25, -0.2) is 9.29 Å². The van der Waals surface area contributed by atoms with Crippen LogP contribution in [-0.2, 0) is 13.0 Å². The van der Waals surface area contributed by atoms with Gasteiger partial charge >= 0.3 is 0 Å². The average Bonchev–Trinajstić information content (AvgIpc) is 2.79. The van der Waals surface area contributed by atoms with Crippen molar-refractivity contribution >= 4 is 34.2 Å². The highest BCUT2D eigenvalue weighted by Crippen LogP contribution is 2.30. The molecule has 0 unspecified atom stereocenters. The Labute approximate surface area is 184 Å². The quantitative estimate of drug-likeness (QED) is 0.459. The van der Waals surface area contributed by atoms with Gasteiger partial charge in [-0.2, -0.15) is 0 Å². The van der Waals surface area contributed by atoms with Gasteiger partial charge in [0.05, 0.1) is 11.1 Å². The number of aromatic amines is 1. The lowest BCUT2D eigenvalue weighted by Gasteiger charge is -2.26. The Hall–Kier alpha value is -3.16. The van der Waals surface area contributed by atoms with Crippen LogP contribution in [0.15, 0.2) is 59.7 Å². The molecule has 1 aliphatic heterocycles. The van der Waals surface area contributed by atoms with E-state index in [1.54, 1.807) is 18.1 Å². The van der Waals surface area contributed by atoms with E-state index in [1.807, 2.05) is 37.4 Å². The van der Waals surface area contributed by atoms with Crippen LogP contribution in [0.2, 0.25) is 0 Å². The number of benzene rings is 1. The topological polar surface area (TPSA) is 73.9 Å². The first-order valence-electron chi connectivity index (χ1n) is 10.2. The molecular weight excluding hydrogens is 406 g/mol. The molecule has 0 spiro atoms. The summed E-state index contributed by atoms with van der Waals surface area (Å²) in [6, 6.07) is 14.2. The number of nitrogens with one attached hydrogen (secondary N) is 2. The average molecular weight is 430 g/mol. The third-order valence-corrected chi connectivity index (χ3v) is 6.49. The van der Waals surface area contributed by atoms with Crippen molar-refractivity contribution in [1.82, 2.24) is 19.3 Å². The van der Waals surface area contributed by atoms with E-state index in [-0.39, 0.29) is 5.56 Å². The van der Waals surface area contributed by atoms with Crippen molar-refractivity contribution in [3.63, 3.8) is 0 Å². The van der Waals surface area contributed by atoms with E-state index in [0.29, 0.717) is 11.2 Å². The molecule has 5 rings (SSSR count). The molecule has 0 fully saturated rings. The van der Waals surface area contributed by atoms with Gasteiger partial charge in [0, 0.05) is 42.4 Å². The second-order valence-corrected chi connectivity index (χ2v) is 8.60. The van der Waals surface area contributed by atoms with Crippen LogP contribution in [0.4, 0.5) is 11.5 Å². The van der Waals surface area contributed by atoms with E-state index < -0.39 is 0 Å². The van der Waals surface area contributed by atoms with Crippen LogP contribution in [0.3, 0.4) is 0 Å². The molecular formula is C24H23N5OS. The van der Waals surface area contributed by atoms with Crippen molar-refractivity contribution in [2.75, 3.05) is 18.1 Å². The highest BCUT2D eigenvalue weighted by Gasteiger charge is 2.17. The van der Waals surface area contributed by atoms with E-state index in [4.69, 9.17) is 4.98 Å². The van der Waals surface area contributed by atoms with Gasteiger partial charge in [0.15, 0.2) is 0 Å². The van der Waals surface area contributed by atoms with E-state index in [1.165, 1.54) is 11.1 Å². The van der Waals surface area contributed by atoms with E-state index in [9.17, 15) is 4.79 Å². The molecule has 1 aromatic carbocycles. The van der Waals surface area contributed by atoms with Crippen LogP contribution in [0.1, 0.15) is 16.8 Å². The molecule has 2 N–H and O–H groups in total. The second-order valence-electron chi connectivity index (χ2n) is 7.72. The summed E-state index contributed by atoms with van der Waals surface area (Å²) in [5.74, 6) is 0.552. The molecule has 4 aromatic rings. The molecule has 31 heavy (non-hydrogen) atoms. The lowest BCUT2D eigenvalue weighted by Crippen LogP contribution is -2.24. The number of aryl methyl sites for hydroxylation is 1. The predicted molar refractivity (Wildman–Crippen MR) is 128 cm³/mol. The first-order chi connectivity index (χ1) is 15.1. The van der Waals surface area contributed by atoms with Crippen molar-refractivity contribution < 1.29 is 0 Å². The number of rotatable bonds is 4. The van der Waals surface area contributed by atoms with Gasteiger partial charge in [0.25, 0.3) is 5.56 Å². The van der Waals surface area contributed by atoms with Crippen molar-refractivity contribution in [3.05, 3.63) is 82.0 Å². The fourth-order valence-electron chi connectivity index (χ4n) is 3.97. The van der Waals surface area contributed by atoms with Gasteiger partial charge < -0.3 is 10.3 Å². The molecule has 0 bridgehead atoms. The Balaban J connectivity index is 1.57. The summed E-state index contributed by atoms with van der Waals surface area (Å²) in [4.78, 5) is 24.6. The summed E-state index contributed by atoms with van der Waals surface area (Å²) in [5, 5.41) is 4.81. The maximum Gasteiger partial charge on any atom is 0.259 e. The zero-order chi connectivity index (χ0) is 21.4. The third kappa shape index (κ3) is 3.94. The normalized spacial score (nSPS) is 13.9. The van der Waals surface area contributed by atoms with E-state index in [0.717, 1.165) is 47.5 Å². The SMILES string of the molecule is CSN1CCc2cc(Nc3nc(-c4ccc(C)nc4)cc4cc[nH]c(=O)c34)ccc2C1. The van der Waals surface area contributed by atoms with Crippen LogP contribution >= 0.6 is 11.9 Å². The third-order valence-electron chi connectivity index (χ3n) is 5.67. The Kier molecular flexibility index (Phi) is 5.21. The number of fused-ring (bicyclic) bond motifs is 2. The predicted octanol–water partition coefficient (Wildman–Crippen LogP) is 4.67. The number of nitrogens with zero attached hydrogens (tertiary/aromatic N) is 3. The molecule has 0 atom stereocenters. The van der Waals surface area contributed by atoms with Crippen molar-refractivity contribution in [1.29, 1.82) is 0 Å². The fraction of sp³-hybridized carbons (Fsp3) is 0.208. The molecule has 1 aliphatic rings.